The molecular weight excluding hydrogens is 350 g/mol. The van der Waals surface area contributed by atoms with Crippen LogP contribution in [0.25, 0.3) is 0 Å². The second-order valence-electron chi connectivity index (χ2n) is 7.56. The number of hydrogen-bond acceptors (Lipinski definition) is 4. The average Bonchev–Trinajstić information content (AvgIpc) is 2.63. The number of aryl methyl sites for hydroxylation is 2. The molecule has 1 aromatic rings. The lowest BCUT2D eigenvalue weighted by Gasteiger charge is -2.37. The SMILES string of the molecule is Cc1ccc(S(=O)(=O)N2CCC(C(=O)N3CCNC(C)C3)CC2)cc1C. The number of piperidine rings is 1. The molecule has 26 heavy (non-hydrogen) atoms. The third-order valence-corrected chi connectivity index (χ3v) is 7.49. The Hall–Kier alpha value is -1.44. The number of carbonyl (C=O) groups excluding carboxylic acids is 1. The van der Waals surface area contributed by atoms with Crippen molar-refractivity contribution in [2.45, 2.75) is 44.6 Å². The van der Waals surface area contributed by atoms with Crippen LogP contribution in [0.4, 0.5) is 0 Å². The van der Waals surface area contributed by atoms with E-state index >= 15 is 0 Å². The van der Waals surface area contributed by atoms with Gasteiger partial charge in [-0.05, 0) is 56.9 Å². The highest BCUT2D eigenvalue weighted by Crippen LogP contribution is 2.26. The lowest BCUT2D eigenvalue weighted by molar-refractivity contribution is -0.137. The Labute approximate surface area is 156 Å². The summed E-state index contributed by atoms with van der Waals surface area (Å²) in [7, 11) is -3.49. The van der Waals surface area contributed by atoms with Gasteiger partial charge in [0.15, 0.2) is 0 Å². The van der Waals surface area contributed by atoms with Gasteiger partial charge in [0.05, 0.1) is 4.90 Å². The molecule has 2 heterocycles. The highest BCUT2D eigenvalue weighted by atomic mass is 32.2. The first-order chi connectivity index (χ1) is 12.3. The smallest absolute Gasteiger partial charge is 0.243 e. The molecule has 0 saturated carbocycles. The van der Waals surface area contributed by atoms with Gasteiger partial charge in [-0.25, -0.2) is 8.42 Å². The molecule has 1 atom stereocenters. The normalized spacial score (nSPS) is 23.2. The van der Waals surface area contributed by atoms with Crippen LogP contribution in [0.15, 0.2) is 23.1 Å². The molecule has 0 radical (unpaired) electrons. The number of rotatable bonds is 3. The molecule has 0 spiro atoms. The largest absolute Gasteiger partial charge is 0.340 e. The highest BCUT2D eigenvalue weighted by molar-refractivity contribution is 7.89. The van der Waals surface area contributed by atoms with E-state index in [1.54, 1.807) is 12.1 Å². The van der Waals surface area contributed by atoms with Crippen LogP contribution in [0.5, 0.6) is 0 Å². The second kappa shape index (κ2) is 7.66. The molecular formula is C19H29N3O3S. The van der Waals surface area contributed by atoms with Crippen molar-refractivity contribution in [3.05, 3.63) is 29.3 Å². The van der Waals surface area contributed by atoms with Crippen LogP contribution in [-0.2, 0) is 14.8 Å². The van der Waals surface area contributed by atoms with Gasteiger partial charge in [-0.3, -0.25) is 4.79 Å². The molecule has 1 N–H and O–H groups in total. The Kier molecular flexibility index (Phi) is 5.69. The monoisotopic (exact) mass is 379 g/mol. The van der Waals surface area contributed by atoms with E-state index in [1.807, 2.05) is 24.8 Å². The standard InChI is InChI=1S/C19H29N3O3S/c1-14-4-5-18(12-15(14)2)26(24,25)22-9-6-17(7-10-22)19(23)21-11-8-20-16(3)13-21/h4-5,12,16-17,20H,6-11,13H2,1-3H3. The third kappa shape index (κ3) is 3.94. The van der Waals surface area contributed by atoms with Gasteiger partial charge in [-0.1, -0.05) is 6.07 Å². The molecule has 0 aromatic heterocycles. The summed E-state index contributed by atoms with van der Waals surface area (Å²) < 4.78 is 27.3. The zero-order valence-corrected chi connectivity index (χ0v) is 16.7. The molecule has 0 bridgehead atoms. The summed E-state index contributed by atoms with van der Waals surface area (Å²) in [4.78, 5) is 15.0. The van der Waals surface area contributed by atoms with Gasteiger partial charge in [0, 0.05) is 44.7 Å². The minimum atomic E-state index is -3.49. The fourth-order valence-electron chi connectivity index (χ4n) is 3.76. The van der Waals surface area contributed by atoms with Crippen LogP contribution >= 0.6 is 0 Å². The Morgan fingerprint density at radius 3 is 2.42 bits per heavy atom. The zero-order chi connectivity index (χ0) is 18.9. The van der Waals surface area contributed by atoms with Crippen molar-refractivity contribution in [2.24, 2.45) is 5.92 Å². The quantitative estimate of drug-likeness (QED) is 0.865. The first-order valence-corrected chi connectivity index (χ1v) is 10.8. The minimum Gasteiger partial charge on any atom is -0.340 e. The van der Waals surface area contributed by atoms with E-state index < -0.39 is 10.0 Å². The predicted molar refractivity (Wildman–Crippen MR) is 101 cm³/mol. The minimum absolute atomic E-state index is 0.0634. The lowest BCUT2D eigenvalue weighted by Crippen LogP contribution is -2.54. The van der Waals surface area contributed by atoms with Crippen LogP contribution in [0.3, 0.4) is 0 Å². The van der Waals surface area contributed by atoms with Crippen LogP contribution in [0.2, 0.25) is 0 Å². The molecule has 2 aliphatic heterocycles. The van der Waals surface area contributed by atoms with E-state index in [4.69, 9.17) is 0 Å². The number of nitrogens with one attached hydrogen (secondary N) is 1. The molecule has 2 saturated heterocycles. The number of piperazine rings is 1. The van der Waals surface area contributed by atoms with Crippen molar-refractivity contribution < 1.29 is 13.2 Å². The molecule has 144 valence electrons. The predicted octanol–water partition coefficient (Wildman–Crippen LogP) is 1.52. The second-order valence-corrected chi connectivity index (χ2v) is 9.50. The first-order valence-electron chi connectivity index (χ1n) is 9.38. The molecule has 2 aliphatic rings. The molecule has 0 aliphatic carbocycles. The third-order valence-electron chi connectivity index (χ3n) is 5.60. The fourth-order valence-corrected chi connectivity index (χ4v) is 5.31. The van der Waals surface area contributed by atoms with Crippen LogP contribution in [0.1, 0.15) is 30.9 Å². The molecule has 1 unspecified atom stereocenters. The summed E-state index contributed by atoms with van der Waals surface area (Å²) in [6.45, 7) is 9.10. The number of benzene rings is 1. The summed E-state index contributed by atoms with van der Waals surface area (Å²) in [5.41, 5.74) is 2.06. The fraction of sp³-hybridized carbons (Fsp3) is 0.632. The topological polar surface area (TPSA) is 69.7 Å². The molecule has 1 amide bonds. The van der Waals surface area contributed by atoms with Gasteiger partial charge in [-0.15, -0.1) is 0 Å². The van der Waals surface area contributed by atoms with Gasteiger partial charge in [-0.2, -0.15) is 4.31 Å². The summed E-state index contributed by atoms with van der Waals surface area (Å²) in [6, 6.07) is 5.59. The van der Waals surface area contributed by atoms with Crippen molar-refractivity contribution >= 4 is 15.9 Å². The Bertz CT molecular complexity index is 770. The number of amides is 1. The summed E-state index contributed by atoms with van der Waals surface area (Å²) in [5.74, 6) is 0.119. The molecule has 7 heteroatoms. The van der Waals surface area contributed by atoms with Crippen LogP contribution < -0.4 is 5.32 Å². The number of carbonyl (C=O) groups is 1. The van der Waals surface area contributed by atoms with Crippen molar-refractivity contribution in [1.82, 2.24) is 14.5 Å². The van der Waals surface area contributed by atoms with Crippen LogP contribution in [-0.4, -0.2) is 62.3 Å². The number of sulfonamides is 1. The van der Waals surface area contributed by atoms with E-state index in [-0.39, 0.29) is 11.8 Å². The van der Waals surface area contributed by atoms with Gasteiger partial charge < -0.3 is 10.2 Å². The van der Waals surface area contributed by atoms with Crippen molar-refractivity contribution in [1.29, 1.82) is 0 Å². The van der Waals surface area contributed by atoms with Crippen molar-refractivity contribution in [3.63, 3.8) is 0 Å². The summed E-state index contributed by atoms with van der Waals surface area (Å²) in [6.07, 6.45) is 1.20. The van der Waals surface area contributed by atoms with Crippen LogP contribution in [0, 0.1) is 19.8 Å². The van der Waals surface area contributed by atoms with Gasteiger partial charge >= 0.3 is 0 Å². The maximum Gasteiger partial charge on any atom is 0.243 e. The van der Waals surface area contributed by atoms with Gasteiger partial charge in [0.2, 0.25) is 15.9 Å². The Balaban J connectivity index is 1.64. The number of hydrogen-bond donors (Lipinski definition) is 1. The summed E-state index contributed by atoms with van der Waals surface area (Å²) >= 11 is 0. The Morgan fingerprint density at radius 1 is 1.12 bits per heavy atom. The highest BCUT2D eigenvalue weighted by Gasteiger charge is 2.34. The molecule has 3 rings (SSSR count). The van der Waals surface area contributed by atoms with E-state index in [9.17, 15) is 13.2 Å². The zero-order valence-electron chi connectivity index (χ0n) is 15.9. The van der Waals surface area contributed by atoms with Crippen molar-refractivity contribution in [3.8, 4) is 0 Å². The molecule has 2 fully saturated rings. The summed E-state index contributed by atoms with van der Waals surface area (Å²) in [5, 5.41) is 3.34. The first kappa shape index (κ1) is 19.3. The lowest BCUT2D eigenvalue weighted by atomic mass is 9.96. The average molecular weight is 380 g/mol. The van der Waals surface area contributed by atoms with E-state index in [0.717, 1.165) is 30.8 Å². The number of nitrogens with zero attached hydrogens (tertiary/aromatic N) is 2. The van der Waals surface area contributed by atoms with Gasteiger partial charge in [0.1, 0.15) is 0 Å². The molecule has 6 nitrogen and oxygen atoms in total. The van der Waals surface area contributed by atoms with E-state index in [2.05, 4.69) is 12.2 Å². The van der Waals surface area contributed by atoms with Gasteiger partial charge in [0.25, 0.3) is 0 Å². The maximum absolute atomic E-state index is 12.9. The van der Waals surface area contributed by atoms with E-state index in [0.29, 0.717) is 36.9 Å². The maximum atomic E-state index is 12.9. The van der Waals surface area contributed by atoms with Crippen molar-refractivity contribution in [2.75, 3.05) is 32.7 Å². The molecule has 1 aromatic carbocycles. The van der Waals surface area contributed by atoms with E-state index in [1.165, 1.54) is 4.31 Å². The Morgan fingerprint density at radius 2 is 1.81 bits per heavy atom.